The molecule has 2 aromatic heterocycles. The Bertz CT molecular complexity index is 858. The van der Waals surface area contributed by atoms with Crippen LogP contribution in [0, 0.1) is 0 Å². The molecule has 0 aliphatic heterocycles. The van der Waals surface area contributed by atoms with Gasteiger partial charge in [-0.25, -0.2) is 9.50 Å². The first-order valence-electron chi connectivity index (χ1n) is 7.08. The fraction of sp³-hybridized carbons (Fsp3) is 0.188. The van der Waals surface area contributed by atoms with Gasteiger partial charge in [0.25, 0.3) is 5.91 Å². The van der Waals surface area contributed by atoms with Gasteiger partial charge < -0.3 is 10.4 Å². The van der Waals surface area contributed by atoms with E-state index in [1.54, 1.807) is 22.8 Å². The van der Waals surface area contributed by atoms with Crippen LogP contribution in [0.3, 0.4) is 0 Å². The lowest BCUT2D eigenvalue weighted by Gasteiger charge is -2.18. The van der Waals surface area contributed by atoms with Crippen molar-refractivity contribution >= 4 is 11.6 Å². The minimum atomic E-state index is -0.599. The average molecular weight is 294 g/mol. The zero-order valence-corrected chi connectivity index (χ0v) is 11.7. The second kappa shape index (κ2) is 4.92. The molecule has 0 spiro atoms. The standard InChI is InChI=1S/C16H14N4O2/c21-13-7-10-3-1-2-4-12(10)15(13)19-16(22)11-5-6-20-14(8-11)17-9-18-20/h1-6,8-9,13,15,21H,7H2,(H,19,22)/t13-,15+/m0/s1. The molecule has 2 heterocycles. The number of nitrogens with zero attached hydrogens (tertiary/aromatic N) is 3. The van der Waals surface area contributed by atoms with Crippen molar-refractivity contribution in [2.75, 3.05) is 0 Å². The third-order valence-corrected chi connectivity index (χ3v) is 4.03. The number of carbonyl (C=O) groups is 1. The molecule has 110 valence electrons. The molecular weight excluding hydrogens is 280 g/mol. The first kappa shape index (κ1) is 13.0. The Kier molecular flexibility index (Phi) is 2.90. The van der Waals surface area contributed by atoms with Gasteiger partial charge in [-0.15, -0.1) is 0 Å². The second-order valence-electron chi connectivity index (χ2n) is 5.40. The van der Waals surface area contributed by atoms with E-state index in [0.29, 0.717) is 17.6 Å². The summed E-state index contributed by atoms with van der Waals surface area (Å²) in [4.78, 5) is 16.5. The number of aliphatic hydroxyl groups excluding tert-OH is 1. The fourth-order valence-corrected chi connectivity index (χ4v) is 2.93. The summed E-state index contributed by atoms with van der Waals surface area (Å²) in [5.74, 6) is -0.230. The van der Waals surface area contributed by atoms with Crippen molar-refractivity contribution in [2.45, 2.75) is 18.6 Å². The van der Waals surface area contributed by atoms with Gasteiger partial charge >= 0.3 is 0 Å². The second-order valence-corrected chi connectivity index (χ2v) is 5.40. The average Bonchev–Trinajstić information content (AvgIpc) is 3.11. The molecule has 6 nitrogen and oxygen atoms in total. The van der Waals surface area contributed by atoms with Crippen molar-refractivity contribution in [3.63, 3.8) is 0 Å². The number of benzene rings is 1. The molecule has 4 rings (SSSR count). The monoisotopic (exact) mass is 294 g/mol. The maximum Gasteiger partial charge on any atom is 0.252 e. The number of amides is 1. The van der Waals surface area contributed by atoms with Crippen LogP contribution in [-0.2, 0) is 6.42 Å². The van der Waals surface area contributed by atoms with Gasteiger partial charge in [-0.3, -0.25) is 4.79 Å². The molecule has 1 aromatic carbocycles. The zero-order chi connectivity index (χ0) is 15.1. The van der Waals surface area contributed by atoms with Gasteiger partial charge in [-0.2, -0.15) is 5.10 Å². The summed E-state index contributed by atoms with van der Waals surface area (Å²) in [5, 5.41) is 17.1. The lowest BCUT2D eigenvalue weighted by molar-refractivity contribution is 0.0858. The molecule has 0 saturated carbocycles. The van der Waals surface area contributed by atoms with Crippen LogP contribution >= 0.6 is 0 Å². The van der Waals surface area contributed by atoms with Crippen LogP contribution in [0.5, 0.6) is 0 Å². The zero-order valence-electron chi connectivity index (χ0n) is 11.7. The van der Waals surface area contributed by atoms with Crippen LogP contribution < -0.4 is 5.32 Å². The topological polar surface area (TPSA) is 79.5 Å². The molecule has 0 unspecified atom stereocenters. The summed E-state index contributed by atoms with van der Waals surface area (Å²) < 4.78 is 1.59. The van der Waals surface area contributed by atoms with Crippen LogP contribution in [0.15, 0.2) is 48.9 Å². The molecule has 1 amide bonds. The number of hydrogen-bond donors (Lipinski definition) is 2. The minimum Gasteiger partial charge on any atom is -0.390 e. The summed E-state index contributed by atoms with van der Waals surface area (Å²) in [5.41, 5.74) is 3.16. The largest absolute Gasteiger partial charge is 0.390 e. The van der Waals surface area contributed by atoms with Crippen LogP contribution in [0.2, 0.25) is 0 Å². The van der Waals surface area contributed by atoms with Crippen LogP contribution in [0.1, 0.15) is 27.5 Å². The third-order valence-electron chi connectivity index (χ3n) is 4.03. The number of rotatable bonds is 2. The smallest absolute Gasteiger partial charge is 0.252 e. The highest BCUT2D eigenvalue weighted by Gasteiger charge is 2.32. The maximum atomic E-state index is 12.4. The summed E-state index contributed by atoms with van der Waals surface area (Å²) >= 11 is 0. The van der Waals surface area contributed by atoms with Crippen molar-refractivity contribution < 1.29 is 9.90 Å². The van der Waals surface area contributed by atoms with Crippen molar-refractivity contribution in [3.05, 3.63) is 65.6 Å². The lowest BCUT2D eigenvalue weighted by atomic mass is 10.1. The highest BCUT2D eigenvalue weighted by atomic mass is 16.3. The molecule has 0 saturated heterocycles. The van der Waals surface area contributed by atoms with E-state index in [1.807, 2.05) is 24.3 Å². The van der Waals surface area contributed by atoms with Gasteiger partial charge in [0.15, 0.2) is 5.65 Å². The summed E-state index contributed by atoms with van der Waals surface area (Å²) in [6.07, 6.45) is 3.09. The molecule has 1 aliphatic rings. The van der Waals surface area contributed by atoms with Crippen LogP contribution in [-0.4, -0.2) is 31.7 Å². The van der Waals surface area contributed by atoms with E-state index < -0.39 is 6.10 Å². The molecule has 0 radical (unpaired) electrons. The molecule has 2 atom stereocenters. The summed E-state index contributed by atoms with van der Waals surface area (Å²) in [6, 6.07) is 10.8. The molecular formula is C16H14N4O2. The van der Waals surface area contributed by atoms with Crippen molar-refractivity contribution in [2.24, 2.45) is 0 Å². The van der Waals surface area contributed by atoms with E-state index in [0.717, 1.165) is 11.1 Å². The lowest BCUT2D eigenvalue weighted by Crippen LogP contribution is -2.33. The number of aromatic nitrogens is 3. The van der Waals surface area contributed by atoms with E-state index in [2.05, 4.69) is 15.4 Å². The third kappa shape index (κ3) is 2.05. The fourth-order valence-electron chi connectivity index (χ4n) is 2.93. The van der Waals surface area contributed by atoms with Gasteiger partial charge in [-0.05, 0) is 23.3 Å². The Balaban J connectivity index is 1.61. The quantitative estimate of drug-likeness (QED) is 0.742. The van der Waals surface area contributed by atoms with Crippen molar-refractivity contribution in [1.29, 1.82) is 0 Å². The van der Waals surface area contributed by atoms with Gasteiger partial charge in [0.05, 0.1) is 12.1 Å². The van der Waals surface area contributed by atoms with E-state index in [4.69, 9.17) is 0 Å². The maximum absolute atomic E-state index is 12.4. The Morgan fingerprint density at radius 2 is 2.18 bits per heavy atom. The van der Waals surface area contributed by atoms with Crippen molar-refractivity contribution in [3.8, 4) is 0 Å². The van der Waals surface area contributed by atoms with Gasteiger partial charge in [-0.1, -0.05) is 24.3 Å². The predicted molar refractivity (Wildman–Crippen MR) is 79.3 cm³/mol. The first-order valence-corrected chi connectivity index (χ1v) is 7.08. The molecule has 3 aromatic rings. The highest BCUT2D eigenvalue weighted by Crippen LogP contribution is 2.31. The van der Waals surface area contributed by atoms with Gasteiger partial charge in [0.1, 0.15) is 6.33 Å². The molecule has 0 bridgehead atoms. The SMILES string of the molecule is O=C(N[C@@H]1c2ccccc2C[C@@H]1O)c1ccn2ncnc2c1. The number of pyridine rings is 1. The molecule has 22 heavy (non-hydrogen) atoms. The molecule has 2 N–H and O–H groups in total. The Morgan fingerprint density at radius 1 is 1.32 bits per heavy atom. The first-order chi connectivity index (χ1) is 10.7. The number of carbonyl (C=O) groups excluding carboxylic acids is 1. The Morgan fingerprint density at radius 3 is 3.09 bits per heavy atom. The number of hydrogen-bond acceptors (Lipinski definition) is 4. The van der Waals surface area contributed by atoms with E-state index in [1.165, 1.54) is 6.33 Å². The predicted octanol–water partition coefficient (Wildman–Crippen LogP) is 1.12. The highest BCUT2D eigenvalue weighted by molar-refractivity contribution is 5.95. The Hall–Kier alpha value is -2.73. The van der Waals surface area contributed by atoms with E-state index >= 15 is 0 Å². The van der Waals surface area contributed by atoms with Crippen LogP contribution in [0.4, 0.5) is 0 Å². The summed E-state index contributed by atoms with van der Waals surface area (Å²) in [7, 11) is 0. The van der Waals surface area contributed by atoms with E-state index in [9.17, 15) is 9.90 Å². The molecule has 1 aliphatic carbocycles. The van der Waals surface area contributed by atoms with Gasteiger partial charge in [0, 0.05) is 18.2 Å². The normalized spacial score (nSPS) is 20.0. The number of aliphatic hydroxyl groups is 1. The number of fused-ring (bicyclic) bond motifs is 2. The Labute approximate surface area is 126 Å². The minimum absolute atomic E-state index is 0.230. The van der Waals surface area contributed by atoms with E-state index in [-0.39, 0.29) is 11.9 Å². The van der Waals surface area contributed by atoms with Crippen LogP contribution in [0.25, 0.3) is 5.65 Å². The van der Waals surface area contributed by atoms with Crippen molar-refractivity contribution in [1.82, 2.24) is 19.9 Å². The number of nitrogens with one attached hydrogen (secondary N) is 1. The molecule has 6 heteroatoms. The summed E-state index contributed by atoms with van der Waals surface area (Å²) in [6.45, 7) is 0. The van der Waals surface area contributed by atoms with Gasteiger partial charge in [0.2, 0.25) is 0 Å². The molecule has 0 fully saturated rings.